The number of amides is 1. The molecule has 1 amide bonds. The van der Waals surface area contributed by atoms with Gasteiger partial charge in [-0.15, -0.1) is 4.73 Å². The van der Waals surface area contributed by atoms with Gasteiger partial charge in [0.15, 0.2) is 0 Å². The van der Waals surface area contributed by atoms with Gasteiger partial charge in [-0.2, -0.15) is 13.2 Å². The number of carbonyl (C=O) groups excluding carboxylic acids is 1. The molecule has 11 heteroatoms. The molecule has 0 fully saturated rings. The Hall–Kier alpha value is -3.53. The molecule has 1 N–H and O–H groups in total. The van der Waals surface area contributed by atoms with Gasteiger partial charge in [-0.05, 0) is 55.3 Å². The van der Waals surface area contributed by atoms with Crippen LogP contribution in [0.3, 0.4) is 0 Å². The Morgan fingerprint density at radius 2 is 1.89 bits per heavy atom. The predicted molar refractivity (Wildman–Crippen MR) is 129 cm³/mol. The Balaban J connectivity index is 1.58. The minimum atomic E-state index is -4.42. The summed E-state index contributed by atoms with van der Waals surface area (Å²) < 4.78 is 39.6. The van der Waals surface area contributed by atoms with Gasteiger partial charge >= 0.3 is 6.18 Å². The molecule has 0 saturated heterocycles. The molecule has 1 atom stereocenters. The zero-order valence-corrected chi connectivity index (χ0v) is 20.6. The molecule has 0 bridgehead atoms. The topological polar surface area (TPSA) is 76.5 Å². The number of nitrogens with zero attached hydrogens (tertiary/aromatic N) is 3. The second kappa shape index (κ2) is 9.85. The van der Waals surface area contributed by atoms with E-state index in [1.807, 2.05) is 0 Å². The van der Waals surface area contributed by atoms with Crippen molar-refractivity contribution < 1.29 is 22.8 Å². The highest BCUT2D eigenvalue weighted by Gasteiger charge is 2.31. The van der Waals surface area contributed by atoms with Gasteiger partial charge in [0.1, 0.15) is 7.11 Å². The first-order chi connectivity index (χ1) is 17.0. The van der Waals surface area contributed by atoms with E-state index < -0.39 is 23.3 Å². The Kier molecular flexibility index (Phi) is 6.99. The van der Waals surface area contributed by atoms with Crippen LogP contribution in [0, 0.1) is 6.92 Å². The van der Waals surface area contributed by atoms with Gasteiger partial charge in [-0.1, -0.05) is 23.7 Å². The number of carbonyl (C=O) groups is 1. The second-order valence-electron chi connectivity index (χ2n) is 8.56. The Bertz CT molecular complexity index is 1360. The summed E-state index contributed by atoms with van der Waals surface area (Å²) in [5.74, 6) is -0.0849. The number of anilines is 1. The fourth-order valence-electron chi connectivity index (χ4n) is 4.17. The maximum absolute atomic E-state index is 13.2. The molecule has 3 aromatic rings. The average Bonchev–Trinajstić information content (AvgIpc) is 2.83. The van der Waals surface area contributed by atoms with Crippen LogP contribution in [-0.2, 0) is 19.1 Å². The summed E-state index contributed by atoms with van der Waals surface area (Å²) in [4.78, 5) is 37.7. The van der Waals surface area contributed by atoms with E-state index in [1.165, 1.54) is 19.2 Å². The van der Waals surface area contributed by atoms with Crippen molar-refractivity contribution in [3.05, 3.63) is 91.4 Å². The molecule has 0 saturated carbocycles. The SMILES string of the molecule is COn1c(NC(C)c2ccc(C(F)(F)F)cc2)nc2c(c1=O)CN(C(=O)c1ccc(Cl)cc1C)CC2. The molecule has 7 nitrogen and oxygen atoms in total. The molecule has 4 rings (SSSR count). The van der Waals surface area contributed by atoms with E-state index in [0.717, 1.165) is 22.4 Å². The summed E-state index contributed by atoms with van der Waals surface area (Å²) in [6.45, 7) is 3.97. The number of hydrogen-bond donors (Lipinski definition) is 1. The van der Waals surface area contributed by atoms with Gasteiger partial charge in [0.2, 0.25) is 5.95 Å². The van der Waals surface area contributed by atoms with Crippen molar-refractivity contribution in [3.63, 3.8) is 0 Å². The van der Waals surface area contributed by atoms with Crippen LogP contribution in [0.1, 0.15) is 51.3 Å². The number of nitrogens with one attached hydrogen (secondary N) is 1. The zero-order chi connectivity index (χ0) is 26.2. The molecule has 0 radical (unpaired) electrons. The van der Waals surface area contributed by atoms with Crippen LogP contribution in [0.4, 0.5) is 19.1 Å². The van der Waals surface area contributed by atoms with Gasteiger partial charge in [0, 0.05) is 23.6 Å². The fraction of sp³-hybridized carbons (Fsp3) is 0.320. The minimum absolute atomic E-state index is 0.0696. The molecule has 0 spiro atoms. The second-order valence-corrected chi connectivity index (χ2v) is 9.00. The average molecular weight is 521 g/mol. The van der Waals surface area contributed by atoms with Gasteiger partial charge in [0.25, 0.3) is 11.5 Å². The van der Waals surface area contributed by atoms with Crippen molar-refractivity contribution in [1.82, 2.24) is 14.6 Å². The van der Waals surface area contributed by atoms with Crippen LogP contribution in [0.5, 0.6) is 0 Å². The molecule has 1 aliphatic heterocycles. The highest BCUT2D eigenvalue weighted by molar-refractivity contribution is 6.30. The van der Waals surface area contributed by atoms with E-state index in [0.29, 0.717) is 40.4 Å². The van der Waals surface area contributed by atoms with E-state index in [-0.39, 0.29) is 18.4 Å². The normalized spacial score (nSPS) is 14.2. The van der Waals surface area contributed by atoms with Crippen molar-refractivity contribution in [2.24, 2.45) is 0 Å². The van der Waals surface area contributed by atoms with Gasteiger partial charge < -0.3 is 15.1 Å². The largest absolute Gasteiger partial charge is 0.416 e. The highest BCUT2D eigenvalue weighted by Crippen LogP contribution is 2.30. The zero-order valence-electron chi connectivity index (χ0n) is 19.8. The van der Waals surface area contributed by atoms with Gasteiger partial charge in [0.05, 0.1) is 29.4 Å². The van der Waals surface area contributed by atoms with Crippen molar-refractivity contribution in [2.45, 2.75) is 39.0 Å². The van der Waals surface area contributed by atoms with Crippen LogP contribution < -0.4 is 15.7 Å². The lowest BCUT2D eigenvalue weighted by Gasteiger charge is -2.29. The first-order valence-corrected chi connectivity index (χ1v) is 11.6. The van der Waals surface area contributed by atoms with Crippen LogP contribution >= 0.6 is 11.6 Å². The van der Waals surface area contributed by atoms with Crippen molar-refractivity contribution in [3.8, 4) is 0 Å². The molecule has 36 heavy (non-hydrogen) atoms. The first-order valence-electron chi connectivity index (χ1n) is 11.2. The molecule has 1 aliphatic rings. The van der Waals surface area contributed by atoms with Crippen LogP contribution in [0.2, 0.25) is 5.02 Å². The van der Waals surface area contributed by atoms with Crippen LogP contribution in [0.25, 0.3) is 0 Å². The molecular formula is C25H24ClF3N4O3. The third kappa shape index (κ3) is 5.04. The lowest BCUT2D eigenvalue weighted by atomic mass is 10.0. The maximum Gasteiger partial charge on any atom is 0.416 e. The van der Waals surface area contributed by atoms with E-state index in [4.69, 9.17) is 16.4 Å². The van der Waals surface area contributed by atoms with Crippen molar-refractivity contribution in [2.75, 3.05) is 19.0 Å². The summed E-state index contributed by atoms with van der Waals surface area (Å²) in [6.07, 6.45) is -4.07. The standard InChI is InChI=1S/C25H24ClF3N4O3/c1-14-12-18(26)8-9-19(14)22(34)32-11-10-21-20(13-32)23(35)33(36-3)24(31-21)30-15(2)16-4-6-17(7-5-16)25(27,28)29/h4-9,12,15H,10-11,13H2,1-3H3,(H,30,31). The lowest BCUT2D eigenvalue weighted by molar-refractivity contribution is -0.137. The molecule has 1 aromatic heterocycles. The van der Waals surface area contributed by atoms with Crippen LogP contribution in [-0.4, -0.2) is 34.2 Å². The summed E-state index contributed by atoms with van der Waals surface area (Å²) in [5.41, 5.74) is 1.49. The first kappa shape index (κ1) is 25.6. The Labute approximate surface area is 210 Å². The molecule has 190 valence electrons. The summed E-state index contributed by atoms with van der Waals surface area (Å²) in [5, 5.41) is 3.59. The van der Waals surface area contributed by atoms with Gasteiger partial charge in [-0.3, -0.25) is 9.59 Å². The molecule has 0 aliphatic carbocycles. The summed E-state index contributed by atoms with van der Waals surface area (Å²) >= 11 is 6.00. The molecule has 2 aromatic carbocycles. The number of rotatable bonds is 5. The Morgan fingerprint density at radius 1 is 1.19 bits per heavy atom. The van der Waals surface area contributed by atoms with Crippen molar-refractivity contribution in [1.29, 1.82) is 0 Å². The lowest BCUT2D eigenvalue weighted by Crippen LogP contribution is -2.42. The highest BCUT2D eigenvalue weighted by atomic mass is 35.5. The monoisotopic (exact) mass is 520 g/mol. The third-order valence-corrected chi connectivity index (χ3v) is 6.40. The van der Waals surface area contributed by atoms with Crippen molar-refractivity contribution >= 4 is 23.5 Å². The third-order valence-electron chi connectivity index (χ3n) is 6.16. The number of halogens is 4. The maximum atomic E-state index is 13.2. The molecule has 2 heterocycles. The van der Waals surface area contributed by atoms with Gasteiger partial charge in [-0.25, -0.2) is 4.98 Å². The van der Waals surface area contributed by atoms with Crippen LogP contribution in [0.15, 0.2) is 47.3 Å². The fourth-order valence-corrected chi connectivity index (χ4v) is 4.39. The minimum Gasteiger partial charge on any atom is -0.411 e. The molecular weight excluding hydrogens is 497 g/mol. The van der Waals surface area contributed by atoms with E-state index in [2.05, 4.69) is 10.3 Å². The predicted octanol–water partition coefficient (Wildman–Crippen LogP) is 4.65. The summed E-state index contributed by atoms with van der Waals surface area (Å²) in [6, 6.07) is 9.31. The number of hydrogen-bond acceptors (Lipinski definition) is 5. The number of aryl methyl sites for hydroxylation is 1. The number of fused-ring (bicyclic) bond motifs is 1. The number of benzene rings is 2. The summed E-state index contributed by atoms with van der Waals surface area (Å²) in [7, 11) is 1.31. The van der Waals surface area contributed by atoms with E-state index in [1.54, 1.807) is 36.9 Å². The smallest absolute Gasteiger partial charge is 0.411 e. The number of aromatic nitrogens is 2. The number of alkyl halides is 3. The van der Waals surface area contributed by atoms with E-state index in [9.17, 15) is 22.8 Å². The Morgan fingerprint density at radius 3 is 2.50 bits per heavy atom. The molecule has 1 unspecified atom stereocenters. The quantitative estimate of drug-likeness (QED) is 0.530. The van der Waals surface area contributed by atoms with E-state index >= 15 is 0 Å².